The van der Waals surface area contributed by atoms with Crippen LogP contribution in [0.3, 0.4) is 0 Å². The van der Waals surface area contributed by atoms with E-state index in [9.17, 15) is 14.4 Å². The highest BCUT2D eigenvalue weighted by Crippen LogP contribution is 2.40. The molecule has 37 heavy (non-hydrogen) atoms. The fourth-order valence-corrected chi connectivity index (χ4v) is 5.35. The van der Waals surface area contributed by atoms with Gasteiger partial charge in [0.2, 0.25) is 0 Å². The Morgan fingerprint density at radius 3 is 2.38 bits per heavy atom. The van der Waals surface area contributed by atoms with Crippen molar-refractivity contribution in [1.82, 2.24) is 4.90 Å². The van der Waals surface area contributed by atoms with Crippen LogP contribution in [-0.2, 0) is 14.3 Å². The molecule has 0 unspecified atom stereocenters. The number of thiophene rings is 1. The molecule has 0 aliphatic carbocycles. The minimum Gasteiger partial charge on any atom is -0.486 e. The first-order valence-corrected chi connectivity index (χ1v) is 13.2. The number of carbonyl (C=O) groups is 3. The fourth-order valence-electron chi connectivity index (χ4n) is 4.31. The number of piperidine rings is 1. The molecular formula is C29H34N2O5S. The van der Waals surface area contributed by atoms with Crippen molar-refractivity contribution in [1.29, 1.82) is 0 Å². The lowest BCUT2D eigenvalue weighted by Crippen LogP contribution is -2.50. The summed E-state index contributed by atoms with van der Waals surface area (Å²) in [5.41, 5.74) is 1.16. The van der Waals surface area contributed by atoms with Crippen LogP contribution in [0, 0.1) is 0 Å². The van der Waals surface area contributed by atoms with Crippen LogP contribution < -0.4 is 5.32 Å². The molecular weight excluding hydrogens is 488 g/mol. The van der Waals surface area contributed by atoms with Gasteiger partial charge in [-0.25, -0.2) is 4.79 Å². The van der Waals surface area contributed by atoms with Crippen molar-refractivity contribution < 1.29 is 23.9 Å². The number of hydrogen-bond acceptors (Lipinski definition) is 6. The number of carbonyl (C=O) groups excluding carboxylic acids is 3. The summed E-state index contributed by atoms with van der Waals surface area (Å²) < 4.78 is 10.9. The molecule has 2 amide bonds. The number of hydrogen-bond donors (Lipinski definition) is 1. The number of likely N-dealkylation sites (tertiary alicyclic amines) is 1. The van der Waals surface area contributed by atoms with Crippen LogP contribution in [-0.4, -0.2) is 48.5 Å². The van der Waals surface area contributed by atoms with Crippen molar-refractivity contribution in [2.24, 2.45) is 0 Å². The molecule has 196 valence electrons. The number of amides is 2. The molecule has 1 fully saturated rings. The predicted molar refractivity (Wildman–Crippen MR) is 148 cm³/mol. The Morgan fingerprint density at radius 2 is 1.81 bits per heavy atom. The number of ketones is 1. The minimum absolute atomic E-state index is 0.0224. The van der Waals surface area contributed by atoms with Gasteiger partial charge in [0.15, 0.2) is 5.78 Å². The first-order chi connectivity index (χ1) is 17.8. The Morgan fingerprint density at radius 1 is 1.16 bits per heavy atom. The van der Waals surface area contributed by atoms with Crippen LogP contribution >= 0.6 is 11.3 Å². The van der Waals surface area contributed by atoms with Gasteiger partial charge >= 0.3 is 6.09 Å². The fraction of sp³-hybridized carbons (Fsp3) is 0.345. The highest BCUT2D eigenvalue weighted by Gasteiger charge is 2.44. The number of methoxy groups -OCH3 is 1. The second-order valence-electron chi connectivity index (χ2n) is 8.91. The summed E-state index contributed by atoms with van der Waals surface area (Å²) in [6.45, 7) is 12.6. The molecule has 1 aromatic carbocycles. The highest BCUT2D eigenvalue weighted by molar-refractivity contribution is 7.20. The van der Waals surface area contributed by atoms with E-state index < -0.39 is 11.7 Å². The second-order valence-corrected chi connectivity index (χ2v) is 9.96. The van der Waals surface area contributed by atoms with Crippen molar-refractivity contribution in [2.75, 3.05) is 25.5 Å². The van der Waals surface area contributed by atoms with Crippen molar-refractivity contribution in [3.8, 4) is 10.4 Å². The zero-order valence-electron chi connectivity index (χ0n) is 21.7. The molecule has 2 aromatic rings. The average Bonchev–Trinajstić information content (AvgIpc) is 3.33. The van der Waals surface area contributed by atoms with Gasteiger partial charge in [0.25, 0.3) is 5.91 Å². The molecule has 1 spiro atoms. The Balaban J connectivity index is 0.00000121. The smallest absolute Gasteiger partial charge is 0.411 e. The number of ether oxygens (including phenoxy) is 2. The van der Waals surface area contributed by atoms with Gasteiger partial charge in [-0.1, -0.05) is 69.8 Å². The summed E-state index contributed by atoms with van der Waals surface area (Å²) in [6, 6.07) is 11.5. The van der Waals surface area contributed by atoms with Gasteiger partial charge in [-0.05, 0) is 17.7 Å². The van der Waals surface area contributed by atoms with Crippen LogP contribution in [0.1, 0.15) is 49.9 Å². The summed E-state index contributed by atoms with van der Waals surface area (Å²) in [5, 5.41) is 3.11. The maximum Gasteiger partial charge on any atom is 0.411 e. The van der Waals surface area contributed by atoms with E-state index in [1.54, 1.807) is 11.0 Å². The third-order valence-corrected chi connectivity index (χ3v) is 7.25. The molecule has 3 heterocycles. The second kappa shape index (κ2) is 12.5. The van der Waals surface area contributed by atoms with Gasteiger partial charge in [0, 0.05) is 30.8 Å². The van der Waals surface area contributed by atoms with Crippen LogP contribution in [0.5, 0.6) is 0 Å². The number of nitrogens with one attached hydrogen (secondary N) is 1. The molecule has 1 aromatic heterocycles. The van der Waals surface area contributed by atoms with Crippen molar-refractivity contribution in [3.05, 3.63) is 78.6 Å². The summed E-state index contributed by atoms with van der Waals surface area (Å²) in [4.78, 5) is 40.6. The van der Waals surface area contributed by atoms with E-state index >= 15 is 0 Å². The molecule has 1 N–H and O–H groups in total. The van der Waals surface area contributed by atoms with Gasteiger partial charge in [-0.15, -0.1) is 11.3 Å². The Hall–Kier alpha value is -3.65. The maximum atomic E-state index is 13.5. The van der Waals surface area contributed by atoms with E-state index in [2.05, 4.69) is 32.3 Å². The Kier molecular flexibility index (Phi) is 9.47. The van der Waals surface area contributed by atoms with Gasteiger partial charge in [-0.2, -0.15) is 0 Å². The van der Waals surface area contributed by atoms with Crippen LogP contribution in [0.25, 0.3) is 10.4 Å². The van der Waals surface area contributed by atoms with Crippen molar-refractivity contribution in [2.45, 2.75) is 45.1 Å². The third-order valence-electron chi connectivity index (χ3n) is 6.15. The first-order valence-electron chi connectivity index (χ1n) is 12.4. The normalized spacial score (nSPS) is 16.3. The molecule has 0 atom stereocenters. The van der Waals surface area contributed by atoms with E-state index in [1.165, 1.54) is 37.0 Å². The zero-order valence-corrected chi connectivity index (χ0v) is 22.5. The Bertz CT molecular complexity index is 1190. The van der Waals surface area contributed by atoms with E-state index in [4.69, 9.17) is 9.47 Å². The maximum absolute atomic E-state index is 13.5. The first kappa shape index (κ1) is 27.9. The van der Waals surface area contributed by atoms with Crippen molar-refractivity contribution >= 4 is 34.1 Å². The standard InChI is InChI=1S/C26H26N2O5S.C3H8/c1-4-18-20(29)16-26(33-21(18)5-2)11-13-28(14-12-26)24(30)19-15-22(17-9-7-6-8-10-17)34-23(19)27-25(31)32-3;1-3-2/h4-10,15H,1-2,11-14,16H2,3H3,(H,27,31);3H2,1-2H3. The predicted octanol–water partition coefficient (Wildman–Crippen LogP) is 6.60. The largest absolute Gasteiger partial charge is 0.486 e. The van der Waals surface area contributed by atoms with Gasteiger partial charge in [0.1, 0.15) is 16.4 Å². The van der Waals surface area contributed by atoms with E-state index in [0.29, 0.717) is 47.8 Å². The van der Waals surface area contributed by atoms with Gasteiger partial charge in [0.05, 0.1) is 24.7 Å². The number of Topliss-reactive ketones (excluding diaryl/α,β-unsaturated/α-hetero) is 1. The van der Waals surface area contributed by atoms with Gasteiger partial charge in [-0.3, -0.25) is 14.9 Å². The SMILES string of the molecule is C=CC1=C(C=C)C(=O)CC2(CCN(C(=O)c3cc(-c4ccccc4)sc3NC(=O)OC)CC2)O1.CCC. The quantitative estimate of drug-likeness (QED) is 0.478. The van der Waals surface area contributed by atoms with Crippen LogP contribution in [0.2, 0.25) is 0 Å². The van der Waals surface area contributed by atoms with Crippen LogP contribution in [0.15, 0.2) is 73.0 Å². The topological polar surface area (TPSA) is 84.9 Å². The molecule has 0 bridgehead atoms. The summed E-state index contributed by atoms with van der Waals surface area (Å²) >= 11 is 1.32. The number of rotatable bonds is 5. The number of anilines is 1. The zero-order chi connectivity index (χ0) is 27.0. The summed E-state index contributed by atoms with van der Waals surface area (Å²) in [7, 11) is 1.28. The van der Waals surface area contributed by atoms with E-state index in [-0.39, 0.29) is 18.1 Å². The molecule has 4 rings (SSSR count). The molecule has 0 saturated carbocycles. The lowest BCUT2D eigenvalue weighted by molar-refractivity contribution is -0.127. The Labute approximate surface area is 222 Å². The van der Waals surface area contributed by atoms with E-state index in [1.807, 2.05) is 30.3 Å². The number of nitrogens with zero attached hydrogens (tertiary/aromatic N) is 1. The van der Waals surface area contributed by atoms with Crippen molar-refractivity contribution in [3.63, 3.8) is 0 Å². The minimum atomic E-state index is -0.652. The van der Waals surface area contributed by atoms with Crippen LogP contribution in [0.4, 0.5) is 9.80 Å². The number of allylic oxidation sites excluding steroid dienone is 3. The molecule has 2 aliphatic rings. The molecule has 1 saturated heterocycles. The van der Waals surface area contributed by atoms with Gasteiger partial charge < -0.3 is 14.4 Å². The lowest BCUT2D eigenvalue weighted by atomic mass is 9.82. The molecule has 2 aliphatic heterocycles. The molecule has 8 heteroatoms. The van der Waals surface area contributed by atoms with E-state index in [0.717, 1.165) is 10.4 Å². The third kappa shape index (κ3) is 6.38. The number of benzene rings is 1. The highest BCUT2D eigenvalue weighted by atomic mass is 32.1. The molecule has 0 radical (unpaired) electrons. The molecule has 7 nitrogen and oxygen atoms in total. The summed E-state index contributed by atoms with van der Waals surface area (Å²) in [5.74, 6) is 0.236. The monoisotopic (exact) mass is 522 g/mol. The lowest BCUT2D eigenvalue weighted by Gasteiger charge is -2.44. The summed E-state index contributed by atoms with van der Waals surface area (Å²) in [6.07, 6.45) is 4.93. The average molecular weight is 523 g/mol.